The van der Waals surface area contributed by atoms with Gasteiger partial charge in [0.25, 0.3) is 0 Å². The van der Waals surface area contributed by atoms with E-state index in [0.717, 1.165) is 44.4 Å². The lowest BCUT2D eigenvalue weighted by Crippen LogP contribution is -2.42. The van der Waals surface area contributed by atoms with E-state index in [2.05, 4.69) is 22.6 Å². The normalized spacial score (nSPS) is 33.6. The maximum Gasteiger partial charge on any atom is 0.223 e. The van der Waals surface area contributed by atoms with Gasteiger partial charge in [-0.2, -0.15) is 0 Å². The van der Waals surface area contributed by atoms with Crippen LogP contribution in [0.4, 0.5) is 0 Å². The molecular formula is C16H26N4O. The minimum absolute atomic E-state index is 0.259. The fourth-order valence-corrected chi connectivity index (χ4v) is 3.74. The highest BCUT2D eigenvalue weighted by Crippen LogP contribution is 2.30. The van der Waals surface area contributed by atoms with Gasteiger partial charge in [-0.15, -0.1) is 5.10 Å². The Morgan fingerprint density at radius 1 is 1.10 bits per heavy atom. The Hall–Kier alpha value is -1.39. The van der Waals surface area contributed by atoms with Crippen molar-refractivity contribution in [2.24, 2.45) is 11.8 Å². The van der Waals surface area contributed by atoms with E-state index in [9.17, 15) is 4.79 Å². The van der Waals surface area contributed by atoms with Crippen molar-refractivity contribution in [3.63, 3.8) is 0 Å². The quantitative estimate of drug-likeness (QED) is 0.931. The highest BCUT2D eigenvalue weighted by Gasteiger charge is 2.28. The molecule has 0 bridgehead atoms. The number of hydrogen-bond donors (Lipinski definition) is 1. The molecule has 21 heavy (non-hydrogen) atoms. The number of aromatic nitrogens is 3. The molecule has 2 aliphatic carbocycles. The molecule has 0 saturated heterocycles. The lowest BCUT2D eigenvalue weighted by atomic mass is 9.82. The molecule has 2 fully saturated rings. The second kappa shape index (κ2) is 6.58. The van der Waals surface area contributed by atoms with Crippen LogP contribution in [0.2, 0.25) is 0 Å². The van der Waals surface area contributed by atoms with Gasteiger partial charge in [0.1, 0.15) is 0 Å². The van der Waals surface area contributed by atoms with Crippen LogP contribution in [0, 0.1) is 11.8 Å². The van der Waals surface area contributed by atoms with Crippen molar-refractivity contribution in [3.8, 4) is 0 Å². The van der Waals surface area contributed by atoms with E-state index >= 15 is 0 Å². The van der Waals surface area contributed by atoms with Crippen LogP contribution in [-0.2, 0) is 4.79 Å². The Bertz CT molecular complexity index is 443. The van der Waals surface area contributed by atoms with Crippen LogP contribution in [0.5, 0.6) is 0 Å². The Labute approximate surface area is 126 Å². The number of nitrogens with one attached hydrogen (secondary N) is 1. The predicted octanol–water partition coefficient (Wildman–Crippen LogP) is 2.70. The summed E-state index contributed by atoms with van der Waals surface area (Å²) in [6.07, 6.45) is 12.5. The third kappa shape index (κ3) is 3.63. The first-order valence-electron chi connectivity index (χ1n) is 8.38. The van der Waals surface area contributed by atoms with E-state index in [4.69, 9.17) is 0 Å². The number of carbonyl (C=O) groups excluding carboxylic acids is 1. The molecule has 2 saturated carbocycles. The van der Waals surface area contributed by atoms with Gasteiger partial charge < -0.3 is 5.32 Å². The second-order valence-electron chi connectivity index (χ2n) is 6.85. The molecule has 0 aliphatic heterocycles. The van der Waals surface area contributed by atoms with Crippen molar-refractivity contribution in [3.05, 3.63) is 12.4 Å². The molecule has 0 radical (unpaired) electrons. The summed E-state index contributed by atoms with van der Waals surface area (Å²) in [5.41, 5.74) is 0. The summed E-state index contributed by atoms with van der Waals surface area (Å²) in [5, 5.41) is 11.2. The molecule has 1 amide bonds. The molecule has 1 N–H and O–H groups in total. The molecule has 1 aromatic heterocycles. The lowest BCUT2D eigenvalue weighted by Gasteiger charge is -2.31. The summed E-state index contributed by atoms with van der Waals surface area (Å²) >= 11 is 0. The van der Waals surface area contributed by atoms with Crippen LogP contribution >= 0.6 is 0 Å². The van der Waals surface area contributed by atoms with Crippen molar-refractivity contribution in [1.82, 2.24) is 20.3 Å². The average Bonchev–Trinajstić information content (AvgIpc) is 3.03. The van der Waals surface area contributed by atoms with E-state index in [1.54, 1.807) is 6.20 Å². The van der Waals surface area contributed by atoms with Gasteiger partial charge in [-0.25, -0.2) is 4.68 Å². The van der Waals surface area contributed by atoms with Gasteiger partial charge in [-0.3, -0.25) is 4.79 Å². The van der Waals surface area contributed by atoms with Crippen LogP contribution in [0.15, 0.2) is 12.4 Å². The zero-order chi connectivity index (χ0) is 14.7. The van der Waals surface area contributed by atoms with E-state index in [1.807, 2.05) is 10.9 Å². The predicted molar refractivity (Wildman–Crippen MR) is 80.6 cm³/mol. The molecule has 0 unspecified atom stereocenters. The highest BCUT2D eigenvalue weighted by atomic mass is 16.1. The zero-order valence-corrected chi connectivity index (χ0v) is 12.9. The summed E-state index contributed by atoms with van der Waals surface area (Å²) in [7, 11) is 0. The van der Waals surface area contributed by atoms with Crippen molar-refractivity contribution >= 4 is 5.91 Å². The maximum atomic E-state index is 12.3. The summed E-state index contributed by atoms with van der Waals surface area (Å²) in [4.78, 5) is 12.3. The Morgan fingerprint density at radius 2 is 1.81 bits per heavy atom. The summed E-state index contributed by atoms with van der Waals surface area (Å²) < 4.78 is 1.96. The molecule has 2 aliphatic rings. The number of rotatable bonds is 3. The minimum atomic E-state index is 0.259. The molecule has 0 spiro atoms. The largest absolute Gasteiger partial charge is 0.353 e. The molecule has 0 aromatic carbocycles. The van der Waals surface area contributed by atoms with Gasteiger partial charge in [0.15, 0.2) is 0 Å². The van der Waals surface area contributed by atoms with Crippen molar-refractivity contribution < 1.29 is 4.79 Å². The number of amides is 1. The molecule has 1 aromatic rings. The summed E-state index contributed by atoms with van der Waals surface area (Å²) in [6.45, 7) is 2.29. The van der Waals surface area contributed by atoms with E-state index < -0.39 is 0 Å². The Balaban J connectivity index is 1.44. The summed E-state index contributed by atoms with van der Waals surface area (Å²) in [5.74, 6) is 1.35. The van der Waals surface area contributed by atoms with Crippen molar-refractivity contribution in [2.75, 3.05) is 0 Å². The Morgan fingerprint density at radius 3 is 2.43 bits per heavy atom. The average molecular weight is 290 g/mol. The van der Waals surface area contributed by atoms with E-state index in [1.165, 1.54) is 12.8 Å². The Kier molecular flexibility index (Phi) is 4.56. The topological polar surface area (TPSA) is 59.8 Å². The molecule has 0 atom stereocenters. The second-order valence-corrected chi connectivity index (χ2v) is 6.85. The van der Waals surface area contributed by atoms with Gasteiger partial charge in [0, 0.05) is 18.2 Å². The fourth-order valence-electron chi connectivity index (χ4n) is 3.74. The molecular weight excluding hydrogens is 264 g/mol. The summed E-state index contributed by atoms with van der Waals surface area (Å²) in [6, 6.07) is 0.813. The molecule has 5 nitrogen and oxygen atoms in total. The third-order valence-corrected chi connectivity index (χ3v) is 5.24. The standard InChI is InChI=1S/C16H26N4O/c1-12-2-4-13(5-3-12)16(21)18-14-6-8-15(9-7-14)20-11-10-17-19-20/h10-15H,2-9H2,1H3,(H,18,21). The number of carbonyl (C=O) groups is 1. The van der Waals surface area contributed by atoms with E-state index in [-0.39, 0.29) is 5.92 Å². The monoisotopic (exact) mass is 290 g/mol. The molecule has 3 rings (SSSR count). The molecule has 5 heteroatoms. The van der Waals surface area contributed by atoms with Crippen molar-refractivity contribution in [2.45, 2.75) is 70.4 Å². The first-order chi connectivity index (χ1) is 10.2. The maximum absolute atomic E-state index is 12.3. The van der Waals surface area contributed by atoms with Gasteiger partial charge >= 0.3 is 0 Å². The molecule has 1 heterocycles. The first-order valence-corrected chi connectivity index (χ1v) is 8.38. The van der Waals surface area contributed by atoms with Crippen LogP contribution in [0.3, 0.4) is 0 Å². The zero-order valence-electron chi connectivity index (χ0n) is 12.9. The number of hydrogen-bond acceptors (Lipinski definition) is 3. The van der Waals surface area contributed by atoms with Gasteiger partial charge in [0.2, 0.25) is 5.91 Å². The van der Waals surface area contributed by atoms with Gasteiger partial charge in [0.05, 0.1) is 12.2 Å². The van der Waals surface area contributed by atoms with Crippen LogP contribution in [0.1, 0.15) is 64.3 Å². The first kappa shape index (κ1) is 14.5. The van der Waals surface area contributed by atoms with Gasteiger partial charge in [-0.1, -0.05) is 12.1 Å². The van der Waals surface area contributed by atoms with Crippen LogP contribution < -0.4 is 5.32 Å². The highest BCUT2D eigenvalue weighted by molar-refractivity contribution is 5.79. The van der Waals surface area contributed by atoms with Crippen molar-refractivity contribution in [1.29, 1.82) is 0 Å². The van der Waals surface area contributed by atoms with E-state index in [0.29, 0.717) is 18.0 Å². The van der Waals surface area contributed by atoms with Gasteiger partial charge in [-0.05, 0) is 57.3 Å². The third-order valence-electron chi connectivity index (χ3n) is 5.24. The number of nitrogens with zero attached hydrogens (tertiary/aromatic N) is 3. The molecule has 116 valence electrons. The SMILES string of the molecule is CC1CCC(C(=O)NC2CCC(n3ccnn3)CC2)CC1. The lowest BCUT2D eigenvalue weighted by molar-refractivity contribution is -0.127. The fraction of sp³-hybridized carbons (Fsp3) is 0.812. The smallest absolute Gasteiger partial charge is 0.223 e. The van der Waals surface area contributed by atoms with Crippen LogP contribution in [-0.4, -0.2) is 26.9 Å². The van der Waals surface area contributed by atoms with Crippen LogP contribution in [0.25, 0.3) is 0 Å². The minimum Gasteiger partial charge on any atom is -0.353 e.